The number of aliphatic carboxylic acids is 1. The van der Waals surface area contributed by atoms with Crippen LogP contribution in [0.15, 0.2) is 18.5 Å². The molecule has 0 bridgehead atoms. The quantitative estimate of drug-likeness (QED) is 0.872. The molecule has 1 saturated heterocycles. The van der Waals surface area contributed by atoms with Crippen LogP contribution in [0.4, 0.5) is 0 Å². The van der Waals surface area contributed by atoms with Crippen molar-refractivity contribution in [3.63, 3.8) is 0 Å². The summed E-state index contributed by atoms with van der Waals surface area (Å²) in [4.78, 5) is 17.0. The second-order valence-electron chi connectivity index (χ2n) is 5.05. The Labute approximate surface area is 113 Å². The molecule has 1 aliphatic rings. The first-order valence-electron chi connectivity index (χ1n) is 6.60. The first-order valence-corrected chi connectivity index (χ1v) is 6.60. The summed E-state index contributed by atoms with van der Waals surface area (Å²) in [5.41, 5.74) is 2.40. The molecule has 1 N–H and O–H groups in total. The average molecular weight is 264 g/mol. The van der Waals surface area contributed by atoms with Crippen molar-refractivity contribution in [2.24, 2.45) is 0 Å². The molecular formula is C14H20N2O3. The molecule has 0 amide bonds. The van der Waals surface area contributed by atoms with Gasteiger partial charge in [0.25, 0.3) is 0 Å². The zero-order valence-corrected chi connectivity index (χ0v) is 11.2. The second-order valence-corrected chi connectivity index (χ2v) is 5.05. The van der Waals surface area contributed by atoms with Gasteiger partial charge < -0.3 is 9.84 Å². The first kappa shape index (κ1) is 14.0. The van der Waals surface area contributed by atoms with E-state index in [9.17, 15) is 4.79 Å². The van der Waals surface area contributed by atoms with Crippen LogP contribution in [0.3, 0.4) is 0 Å². The number of pyridine rings is 1. The molecule has 0 saturated carbocycles. The summed E-state index contributed by atoms with van der Waals surface area (Å²) < 4.78 is 5.32. The molecule has 0 aromatic carbocycles. The van der Waals surface area contributed by atoms with Gasteiger partial charge in [0.2, 0.25) is 0 Å². The van der Waals surface area contributed by atoms with Gasteiger partial charge in [0.15, 0.2) is 0 Å². The van der Waals surface area contributed by atoms with E-state index < -0.39 is 5.97 Å². The number of carbonyl (C=O) groups is 1. The molecular weight excluding hydrogens is 244 g/mol. The van der Waals surface area contributed by atoms with E-state index in [0.29, 0.717) is 0 Å². The van der Waals surface area contributed by atoms with Gasteiger partial charge in [-0.05, 0) is 30.9 Å². The van der Waals surface area contributed by atoms with E-state index in [0.717, 1.165) is 32.5 Å². The van der Waals surface area contributed by atoms with E-state index in [1.165, 1.54) is 11.1 Å². The van der Waals surface area contributed by atoms with Crippen molar-refractivity contribution in [2.75, 3.05) is 19.7 Å². The maximum absolute atomic E-state index is 10.4. The molecule has 0 aliphatic carbocycles. The number of aromatic nitrogens is 1. The number of nitrogens with zero attached hydrogens (tertiary/aromatic N) is 2. The van der Waals surface area contributed by atoms with Crippen molar-refractivity contribution in [3.05, 3.63) is 29.6 Å². The molecule has 19 heavy (non-hydrogen) atoms. The van der Waals surface area contributed by atoms with Crippen LogP contribution in [0, 0.1) is 6.92 Å². The van der Waals surface area contributed by atoms with Crippen LogP contribution in [0.5, 0.6) is 0 Å². The lowest BCUT2D eigenvalue weighted by Crippen LogP contribution is -2.37. The van der Waals surface area contributed by atoms with Gasteiger partial charge in [-0.15, -0.1) is 0 Å². The number of hydrogen-bond acceptors (Lipinski definition) is 4. The molecule has 0 atom stereocenters. The van der Waals surface area contributed by atoms with E-state index in [1.54, 1.807) is 0 Å². The van der Waals surface area contributed by atoms with E-state index in [4.69, 9.17) is 9.84 Å². The third kappa shape index (κ3) is 4.61. The molecule has 1 aliphatic heterocycles. The molecule has 0 radical (unpaired) electrons. The lowest BCUT2D eigenvalue weighted by Gasteiger charge is -2.31. The highest BCUT2D eigenvalue weighted by Gasteiger charge is 2.20. The fourth-order valence-corrected chi connectivity index (χ4v) is 2.39. The highest BCUT2D eigenvalue weighted by Crippen LogP contribution is 2.16. The van der Waals surface area contributed by atoms with Gasteiger partial charge in [-0.3, -0.25) is 9.88 Å². The number of likely N-dealkylation sites (tertiary alicyclic amines) is 1. The number of aryl methyl sites for hydroxylation is 1. The first-order chi connectivity index (χ1) is 9.13. The Morgan fingerprint density at radius 2 is 2.21 bits per heavy atom. The molecule has 2 rings (SSSR count). The van der Waals surface area contributed by atoms with Crippen molar-refractivity contribution < 1.29 is 14.6 Å². The summed E-state index contributed by atoms with van der Waals surface area (Å²) in [5, 5.41) is 8.57. The normalized spacial score (nSPS) is 17.5. The fourth-order valence-electron chi connectivity index (χ4n) is 2.39. The monoisotopic (exact) mass is 264 g/mol. The van der Waals surface area contributed by atoms with E-state index in [-0.39, 0.29) is 12.7 Å². The van der Waals surface area contributed by atoms with Crippen molar-refractivity contribution in [3.8, 4) is 0 Å². The summed E-state index contributed by atoms with van der Waals surface area (Å²) >= 11 is 0. The molecule has 5 nitrogen and oxygen atoms in total. The number of hydrogen-bond donors (Lipinski definition) is 1. The van der Waals surface area contributed by atoms with Gasteiger partial charge in [0, 0.05) is 32.0 Å². The van der Waals surface area contributed by atoms with E-state index in [1.807, 2.05) is 19.3 Å². The summed E-state index contributed by atoms with van der Waals surface area (Å²) in [5.74, 6) is -0.895. The van der Waals surface area contributed by atoms with Crippen LogP contribution in [-0.4, -0.2) is 46.8 Å². The van der Waals surface area contributed by atoms with Gasteiger partial charge >= 0.3 is 5.97 Å². The minimum absolute atomic E-state index is 0.0861. The summed E-state index contributed by atoms with van der Waals surface area (Å²) in [6.07, 6.45) is 5.64. The van der Waals surface area contributed by atoms with E-state index >= 15 is 0 Å². The van der Waals surface area contributed by atoms with Gasteiger partial charge in [-0.25, -0.2) is 4.79 Å². The average Bonchev–Trinajstić information content (AvgIpc) is 2.38. The Bertz CT molecular complexity index is 428. The minimum atomic E-state index is -0.895. The van der Waals surface area contributed by atoms with Crippen LogP contribution in [-0.2, 0) is 16.1 Å². The number of carboxylic acid groups (broad SMARTS) is 1. The predicted octanol–water partition coefficient (Wildman–Crippen LogP) is 1.46. The molecule has 0 spiro atoms. The van der Waals surface area contributed by atoms with Gasteiger partial charge in [0.05, 0.1) is 6.10 Å². The van der Waals surface area contributed by atoms with Crippen LogP contribution < -0.4 is 0 Å². The van der Waals surface area contributed by atoms with Gasteiger partial charge in [-0.2, -0.15) is 0 Å². The highest BCUT2D eigenvalue weighted by molar-refractivity contribution is 5.68. The minimum Gasteiger partial charge on any atom is -0.480 e. The molecule has 5 heteroatoms. The molecule has 2 heterocycles. The predicted molar refractivity (Wildman–Crippen MR) is 70.9 cm³/mol. The van der Waals surface area contributed by atoms with Crippen molar-refractivity contribution in [1.29, 1.82) is 0 Å². The molecule has 0 unspecified atom stereocenters. The maximum Gasteiger partial charge on any atom is 0.329 e. The second kappa shape index (κ2) is 6.63. The molecule has 1 fully saturated rings. The van der Waals surface area contributed by atoms with Crippen molar-refractivity contribution in [1.82, 2.24) is 9.88 Å². The molecule has 1 aromatic rings. The van der Waals surface area contributed by atoms with Crippen LogP contribution in [0.25, 0.3) is 0 Å². The van der Waals surface area contributed by atoms with E-state index in [2.05, 4.69) is 16.0 Å². The summed E-state index contributed by atoms with van der Waals surface area (Å²) in [7, 11) is 0. The highest BCUT2D eigenvalue weighted by atomic mass is 16.5. The number of piperidine rings is 1. The number of ether oxygens (including phenoxy) is 1. The zero-order chi connectivity index (χ0) is 13.7. The summed E-state index contributed by atoms with van der Waals surface area (Å²) in [6, 6.07) is 2.15. The van der Waals surface area contributed by atoms with Gasteiger partial charge in [-0.1, -0.05) is 6.07 Å². The summed E-state index contributed by atoms with van der Waals surface area (Å²) in [6.45, 7) is 4.64. The SMILES string of the molecule is Cc1cncc(CN2CCC(OCC(=O)O)CC2)c1. The third-order valence-electron chi connectivity index (χ3n) is 3.31. The smallest absolute Gasteiger partial charge is 0.329 e. The zero-order valence-electron chi connectivity index (χ0n) is 11.2. The maximum atomic E-state index is 10.4. The Morgan fingerprint density at radius 3 is 2.84 bits per heavy atom. The largest absolute Gasteiger partial charge is 0.480 e. The van der Waals surface area contributed by atoms with Crippen molar-refractivity contribution in [2.45, 2.75) is 32.4 Å². The Balaban J connectivity index is 1.75. The topological polar surface area (TPSA) is 62.7 Å². The molecule has 104 valence electrons. The van der Waals surface area contributed by atoms with Crippen molar-refractivity contribution >= 4 is 5.97 Å². The lowest BCUT2D eigenvalue weighted by molar-refractivity contribution is -0.145. The fraction of sp³-hybridized carbons (Fsp3) is 0.571. The standard InChI is InChI=1S/C14H20N2O3/c1-11-6-12(8-15-7-11)9-16-4-2-13(3-5-16)19-10-14(17)18/h6-8,13H,2-5,9-10H2,1H3,(H,17,18). The number of carboxylic acids is 1. The van der Waals surface area contributed by atoms with Crippen LogP contribution in [0.2, 0.25) is 0 Å². The lowest BCUT2D eigenvalue weighted by atomic mass is 10.1. The Hall–Kier alpha value is -1.46. The Morgan fingerprint density at radius 1 is 1.47 bits per heavy atom. The third-order valence-corrected chi connectivity index (χ3v) is 3.31. The van der Waals surface area contributed by atoms with Gasteiger partial charge in [0.1, 0.15) is 6.61 Å². The number of rotatable bonds is 5. The Kier molecular flexibility index (Phi) is 4.87. The molecule has 1 aromatic heterocycles. The van der Waals surface area contributed by atoms with Crippen LogP contribution in [0.1, 0.15) is 24.0 Å². The van der Waals surface area contributed by atoms with Crippen LogP contribution >= 0.6 is 0 Å².